The van der Waals surface area contributed by atoms with Crippen molar-refractivity contribution in [1.82, 2.24) is 0 Å². The summed E-state index contributed by atoms with van der Waals surface area (Å²) in [6.07, 6.45) is 3.68. The maximum Gasteiger partial charge on any atom is 0.201 e. The second-order valence-electron chi connectivity index (χ2n) is 5.10. The fourth-order valence-electron chi connectivity index (χ4n) is 3.53. The number of ether oxygens (including phenoxy) is 1. The van der Waals surface area contributed by atoms with E-state index < -0.39 is 5.41 Å². The minimum Gasteiger partial charge on any atom is -0.493 e. The van der Waals surface area contributed by atoms with Gasteiger partial charge in [0.15, 0.2) is 11.5 Å². The third kappa shape index (κ3) is 1.28. The lowest BCUT2D eigenvalue weighted by atomic mass is 9.42. The highest BCUT2D eigenvalue weighted by molar-refractivity contribution is 6.13. The van der Waals surface area contributed by atoms with E-state index in [1.807, 2.05) is 13.8 Å². The van der Waals surface area contributed by atoms with Crippen LogP contribution in [0.5, 0.6) is 0 Å². The molecule has 0 aromatic carbocycles. The monoisotopic (exact) mass is 234 g/mol. The highest BCUT2D eigenvalue weighted by atomic mass is 16.5. The summed E-state index contributed by atoms with van der Waals surface area (Å²) in [5.74, 6) is 0.409. The molecule has 2 rings (SSSR count). The minimum absolute atomic E-state index is 0.0180. The number of carbonyl (C=O) groups is 2. The molecule has 1 fully saturated rings. The van der Waals surface area contributed by atoms with Gasteiger partial charge in [0.2, 0.25) is 5.78 Å². The van der Waals surface area contributed by atoms with E-state index in [1.165, 1.54) is 13.2 Å². The van der Waals surface area contributed by atoms with Crippen molar-refractivity contribution in [3.63, 3.8) is 0 Å². The largest absolute Gasteiger partial charge is 0.493 e. The number of hydrogen-bond donors (Lipinski definition) is 0. The number of Topliss-reactive ketones (excluding diaryl/α,β-unsaturated/α-hetero) is 1. The summed E-state index contributed by atoms with van der Waals surface area (Å²) in [4.78, 5) is 24.5. The van der Waals surface area contributed by atoms with Crippen LogP contribution in [-0.4, -0.2) is 18.7 Å². The highest BCUT2D eigenvalue weighted by Gasteiger charge is 2.65. The Morgan fingerprint density at radius 2 is 2.12 bits per heavy atom. The predicted molar refractivity (Wildman–Crippen MR) is 64.2 cm³/mol. The van der Waals surface area contributed by atoms with Crippen LogP contribution in [0.4, 0.5) is 0 Å². The van der Waals surface area contributed by atoms with Gasteiger partial charge in [-0.05, 0) is 18.3 Å². The van der Waals surface area contributed by atoms with Crippen molar-refractivity contribution < 1.29 is 14.3 Å². The third-order valence-electron chi connectivity index (χ3n) is 4.63. The molecule has 3 nitrogen and oxygen atoms in total. The number of rotatable bonds is 3. The standard InChI is InChI=1S/C14H18O3/c1-5-6-14-9(3)8(2)12(14)13(16)10(17-4)7-11(14)15/h5,7-9,12H,1,6H2,2-4H3/t8-,9?,12?,14?/m0/s1. The van der Waals surface area contributed by atoms with Crippen LogP contribution in [0, 0.1) is 23.2 Å². The molecule has 92 valence electrons. The first-order chi connectivity index (χ1) is 8.00. The number of methoxy groups -OCH3 is 1. The van der Waals surface area contributed by atoms with E-state index in [9.17, 15) is 9.59 Å². The second kappa shape index (κ2) is 3.83. The molecule has 2 aliphatic carbocycles. The summed E-state index contributed by atoms with van der Waals surface area (Å²) in [5, 5.41) is 0. The predicted octanol–water partition coefficient (Wildman–Crippen LogP) is 2.13. The summed E-state index contributed by atoms with van der Waals surface area (Å²) < 4.78 is 5.00. The van der Waals surface area contributed by atoms with E-state index >= 15 is 0 Å². The lowest BCUT2D eigenvalue weighted by Crippen LogP contribution is -2.63. The smallest absolute Gasteiger partial charge is 0.201 e. The molecule has 17 heavy (non-hydrogen) atoms. The van der Waals surface area contributed by atoms with E-state index in [2.05, 4.69) is 6.58 Å². The van der Waals surface area contributed by atoms with Gasteiger partial charge in [-0.15, -0.1) is 6.58 Å². The first kappa shape index (κ1) is 12.1. The summed E-state index contributed by atoms with van der Waals surface area (Å²) in [7, 11) is 1.43. The summed E-state index contributed by atoms with van der Waals surface area (Å²) in [6, 6.07) is 0. The van der Waals surface area contributed by atoms with Crippen molar-refractivity contribution in [1.29, 1.82) is 0 Å². The van der Waals surface area contributed by atoms with Crippen LogP contribution in [0.25, 0.3) is 0 Å². The number of carbonyl (C=O) groups excluding carboxylic acids is 2. The van der Waals surface area contributed by atoms with Gasteiger partial charge in [-0.25, -0.2) is 0 Å². The van der Waals surface area contributed by atoms with Crippen LogP contribution in [0.3, 0.4) is 0 Å². The van der Waals surface area contributed by atoms with Crippen molar-refractivity contribution in [3.05, 3.63) is 24.5 Å². The van der Waals surface area contributed by atoms with Crippen LogP contribution in [0.15, 0.2) is 24.5 Å². The lowest BCUT2D eigenvalue weighted by Gasteiger charge is -2.58. The third-order valence-corrected chi connectivity index (χ3v) is 4.63. The zero-order valence-corrected chi connectivity index (χ0v) is 10.5. The van der Waals surface area contributed by atoms with Gasteiger partial charge >= 0.3 is 0 Å². The SMILES string of the molecule is C=CCC12C(=O)C=C(OC)C(=O)C1[C@@H](C)C2C. The van der Waals surface area contributed by atoms with Crippen molar-refractivity contribution in [3.8, 4) is 0 Å². The summed E-state index contributed by atoms with van der Waals surface area (Å²) in [5.41, 5.74) is -0.555. The number of hydrogen-bond acceptors (Lipinski definition) is 3. The molecule has 0 saturated heterocycles. The second-order valence-corrected chi connectivity index (χ2v) is 5.10. The molecule has 0 aromatic heterocycles. The molecule has 3 heteroatoms. The first-order valence-electron chi connectivity index (χ1n) is 5.96. The quantitative estimate of drug-likeness (QED) is 0.703. The lowest BCUT2D eigenvalue weighted by molar-refractivity contribution is -0.168. The Morgan fingerprint density at radius 3 is 2.65 bits per heavy atom. The molecule has 0 N–H and O–H groups in total. The van der Waals surface area contributed by atoms with Crippen molar-refractivity contribution in [2.24, 2.45) is 23.2 Å². The van der Waals surface area contributed by atoms with E-state index in [1.54, 1.807) is 6.08 Å². The average molecular weight is 234 g/mol. The molecule has 0 aromatic rings. The van der Waals surface area contributed by atoms with Crippen LogP contribution in [0.1, 0.15) is 20.3 Å². The number of allylic oxidation sites excluding steroid dienone is 3. The number of ketones is 2. The van der Waals surface area contributed by atoms with Gasteiger partial charge in [-0.3, -0.25) is 9.59 Å². The molecule has 0 radical (unpaired) electrons. The average Bonchev–Trinajstić information content (AvgIpc) is 2.32. The van der Waals surface area contributed by atoms with Crippen LogP contribution >= 0.6 is 0 Å². The van der Waals surface area contributed by atoms with E-state index in [0.29, 0.717) is 6.42 Å². The van der Waals surface area contributed by atoms with Crippen LogP contribution < -0.4 is 0 Å². The molecule has 0 spiro atoms. The van der Waals surface area contributed by atoms with Crippen LogP contribution in [0.2, 0.25) is 0 Å². The molecule has 1 saturated carbocycles. The first-order valence-corrected chi connectivity index (χ1v) is 5.96. The van der Waals surface area contributed by atoms with Crippen LogP contribution in [-0.2, 0) is 14.3 Å². The molecule has 0 aliphatic heterocycles. The summed E-state index contributed by atoms with van der Waals surface area (Å²) in [6.45, 7) is 7.78. The number of fused-ring (bicyclic) bond motifs is 1. The van der Waals surface area contributed by atoms with Gasteiger partial charge in [-0.1, -0.05) is 19.9 Å². The van der Waals surface area contributed by atoms with Crippen molar-refractivity contribution >= 4 is 11.6 Å². The van der Waals surface area contributed by atoms with Gasteiger partial charge in [0, 0.05) is 17.4 Å². The van der Waals surface area contributed by atoms with Gasteiger partial charge in [0.1, 0.15) is 0 Å². The maximum atomic E-state index is 12.3. The Balaban J connectivity index is 2.49. The minimum atomic E-state index is -0.555. The molecule has 0 heterocycles. The summed E-state index contributed by atoms with van der Waals surface area (Å²) >= 11 is 0. The van der Waals surface area contributed by atoms with Gasteiger partial charge in [0.25, 0.3) is 0 Å². The molecule has 2 aliphatic rings. The Labute approximate surface area is 102 Å². The fourth-order valence-corrected chi connectivity index (χ4v) is 3.53. The van der Waals surface area contributed by atoms with E-state index in [0.717, 1.165) is 0 Å². The normalized spacial score (nSPS) is 40.2. The Morgan fingerprint density at radius 1 is 1.47 bits per heavy atom. The van der Waals surface area contributed by atoms with Gasteiger partial charge < -0.3 is 4.74 Å². The molecular weight excluding hydrogens is 216 g/mol. The Hall–Kier alpha value is -1.38. The molecule has 0 bridgehead atoms. The zero-order chi connectivity index (χ0) is 12.8. The van der Waals surface area contributed by atoms with Crippen molar-refractivity contribution in [2.45, 2.75) is 20.3 Å². The van der Waals surface area contributed by atoms with E-state index in [-0.39, 0.29) is 35.1 Å². The molecule has 3 unspecified atom stereocenters. The Bertz CT molecular complexity index is 421. The fraction of sp³-hybridized carbons (Fsp3) is 0.571. The Kier molecular flexibility index (Phi) is 2.72. The maximum absolute atomic E-state index is 12.3. The van der Waals surface area contributed by atoms with E-state index in [4.69, 9.17) is 4.74 Å². The topological polar surface area (TPSA) is 43.4 Å². The van der Waals surface area contributed by atoms with Crippen molar-refractivity contribution in [2.75, 3.05) is 7.11 Å². The molecule has 0 amide bonds. The van der Waals surface area contributed by atoms with Gasteiger partial charge in [0.05, 0.1) is 7.11 Å². The molecular formula is C14H18O3. The van der Waals surface area contributed by atoms with Gasteiger partial charge in [-0.2, -0.15) is 0 Å². The zero-order valence-electron chi connectivity index (χ0n) is 10.5. The highest BCUT2D eigenvalue weighted by Crippen LogP contribution is 2.61. The molecule has 4 atom stereocenters.